The normalized spacial score (nSPS) is 15.2. The van der Waals surface area contributed by atoms with Crippen LogP contribution in [0.4, 0.5) is 0 Å². The summed E-state index contributed by atoms with van der Waals surface area (Å²) in [4.78, 5) is 13.8. The van der Waals surface area contributed by atoms with Crippen molar-refractivity contribution in [3.63, 3.8) is 0 Å². The summed E-state index contributed by atoms with van der Waals surface area (Å²) in [5, 5.41) is 1.68. The third-order valence-corrected chi connectivity index (χ3v) is 12.9. The number of hydrogen-bond acceptors (Lipinski definition) is 4. The molecule has 6 heteroatoms. The van der Waals surface area contributed by atoms with Crippen molar-refractivity contribution in [3.8, 4) is 33.8 Å². The van der Waals surface area contributed by atoms with Crippen LogP contribution in [0, 0.1) is 44.2 Å². The summed E-state index contributed by atoms with van der Waals surface area (Å²) >= 11 is -2.38. The topological polar surface area (TPSA) is 51.8 Å². The summed E-state index contributed by atoms with van der Waals surface area (Å²) in [6, 6.07) is 24.1. The minimum absolute atomic E-state index is 0. The number of fused-ring (bicyclic) bond motifs is 3. The van der Waals surface area contributed by atoms with Gasteiger partial charge in [0.15, 0.2) is 0 Å². The Morgan fingerprint density at radius 1 is 0.852 bits per heavy atom. The zero-order valence-electron chi connectivity index (χ0n) is 42.6. The van der Waals surface area contributed by atoms with E-state index in [1.807, 2.05) is 45.0 Å². The van der Waals surface area contributed by atoms with Crippen LogP contribution in [0.1, 0.15) is 76.1 Å². The molecule has 0 N–H and O–H groups in total. The Labute approximate surface area is 353 Å². The molecule has 0 aliphatic carbocycles. The van der Waals surface area contributed by atoms with Crippen molar-refractivity contribution in [2.24, 2.45) is 11.3 Å². The van der Waals surface area contributed by atoms with Crippen LogP contribution in [-0.2, 0) is 32.9 Å². The fourth-order valence-corrected chi connectivity index (χ4v) is 9.24. The van der Waals surface area contributed by atoms with E-state index >= 15 is 0 Å². The molecule has 0 aliphatic rings. The summed E-state index contributed by atoms with van der Waals surface area (Å²) in [5.41, 5.74) is 7.07. The molecule has 4 nitrogen and oxygen atoms in total. The molecule has 0 saturated carbocycles. The summed E-state index contributed by atoms with van der Waals surface area (Å²) in [5.74, 6) is 6.19. The first-order chi connectivity index (χ1) is 29.0. The van der Waals surface area contributed by atoms with Crippen molar-refractivity contribution in [1.82, 2.24) is 15.0 Å². The van der Waals surface area contributed by atoms with Crippen LogP contribution in [0.2, 0.25) is 17.3 Å². The quantitative estimate of drug-likeness (QED) is 0.118. The van der Waals surface area contributed by atoms with Crippen molar-refractivity contribution in [1.29, 1.82) is 0 Å². The smallest absolute Gasteiger partial charge is 0 e. The van der Waals surface area contributed by atoms with Crippen molar-refractivity contribution in [3.05, 3.63) is 131 Å². The largest absolute Gasteiger partial charge is 0 e. The molecule has 281 valence electrons. The molecule has 7 aromatic rings. The van der Waals surface area contributed by atoms with Crippen LogP contribution in [0.15, 0.2) is 95.6 Å². The summed E-state index contributed by atoms with van der Waals surface area (Å²) in [6.07, 6.45) is -0.402. The number of hydrogen-bond donors (Lipinski definition) is 0. The standard InChI is InChI=1S/C29H27N2O.C19H26GeN.Ir/c1-17(2)14-21-15-26(30-16-20(21)5)24-11-7-10-22-23-12-13-25(31-29(23)32-28(22)24)27-18(3)8-6-9-19(27)4;1-19(2,3)13-16-12-18(15-10-8-7-9-11-15)21-14-17(16)20(4,5)6;/h6-10,12-13,15-17H,14H2,1-5H3;7-10,12,14H,13H2,1-6H3;/q2*-1;/i5D3,14D2;7D,8D,9D,13D2;. The minimum Gasteiger partial charge on any atom is 0 e. The first kappa shape index (κ1) is 29.4. The molecule has 0 aliphatic heterocycles. The molecule has 0 amide bonds. The third kappa shape index (κ3) is 9.48. The second-order valence-corrected chi connectivity index (χ2v) is 26.3. The second kappa shape index (κ2) is 16.9. The van der Waals surface area contributed by atoms with Gasteiger partial charge in [0, 0.05) is 44.1 Å². The molecule has 0 saturated heterocycles. The Hall–Kier alpha value is -3.90. The van der Waals surface area contributed by atoms with Gasteiger partial charge in [0.1, 0.15) is 0 Å². The Kier molecular flexibility index (Phi) is 9.18. The maximum atomic E-state index is 8.77. The number of pyridine rings is 3. The molecule has 0 atom stereocenters. The Morgan fingerprint density at radius 2 is 1.57 bits per heavy atom. The van der Waals surface area contributed by atoms with Gasteiger partial charge in [-0.15, -0.1) is 18.2 Å². The Bertz CT molecular complexity index is 2820. The maximum Gasteiger partial charge on any atom is 0 e. The molecule has 0 bridgehead atoms. The van der Waals surface area contributed by atoms with Crippen LogP contribution in [0.5, 0.6) is 0 Å². The molecule has 0 unspecified atom stereocenters. The van der Waals surface area contributed by atoms with Crippen molar-refractivity contribution >= 4 is 39.7 Å². The van der Waals surface area contributed by atoms with Gasteiger partial charge in [-0.25, -0.2) is 4.98 Å². The molecule has 4 heterocycles. The van der Waals surface area contributed by atoms with Gasteiger partial charge in [-0.1, -0.05) is 54.6 Å². The zero-order chi connectivity index (χ0) is 46.8. The number of aryl methyl sites for hydroxylation is 3. The van der Waals surface area contributed by atoms with E-state index in [0.717, 1.165) is 37.6 Å². The SMILES string of the molecule is [2H]C([2H])([2H])c1cnc(-c2[c-]ccc3c2oc2nc(-c4c(C)cccc4C)ccc23)cc1C([2H])([2H])C(C)C.[2H]c1[c-]c(-c2cc(C([2H])([2H])C(C)(C)C)[c]([Ge]([CH3])([CH3])[CH3])cn2)cc([2H])c1[2H].[Ir]. The van der Waals surface area contributed by atoms with Gasteiger partial charge in [-0.2, -0.15) is 0 Å². The number of furan rings is 1. The molecule has 1 radical (unpaired) electrons. The number of benzene rings is 3. The van der Waals surface area contributed by atoms with Crippen LogP contribution in [0.3, 0.4) is 0 Å². The monoisotopic (exact) mass is 964 g/mol. The van der Waals surface area contributed by atoms with Gasteiger partial charge in [0.2, 0.25) is 5.71 Å². The molecule has 4 aromatic heterocycles. The van der Waals surface area contributed by atoms with Gasteiger partial charge in [0.05, 0.1) is 11.3 Å². The molecule has 7 rings (SSSR count). The Morgan fingerprint density at radius 3 is 2.24 bits per heavy atom. The van der Waals surface area contributed by atoms with E-state index in [-0.39, 0.29) is 49.4 Å². The van der Waals surface area contributed by atoms with Gasteiger partial charge in [-0.3, -0.25) is 0 Å². The summed E-state index contributed by atoms with van der Waals surface area (Å²) in [7, 11) is 0. The van der Waals surface area contributed by atoms with E-state index in [2.05, 4.69) is 65.3 Å². The fraction of sp³-hybridized carbons (Fsp3) is 0.312. The zero-order valence-corrected chi connectivity index (χ0v) is 37.1. The Balaban J connectivity index is 0.000000253. The third-order valence-electron chi connectivity index (χ3n) is 8.69. The van der Waals surface area contributed by atoms with Crippen LogP contribution < -0.4 is 4.40 Å². The molecule has 3 aromatic carbocycles. The van der Waals surface area contributed by atoms with Gasteiger partial charge >= 0.3 is 139 Å². The van der Waals surface area contributed by atoms with E-state index < -0.39 is 44.2 Å². The van der Waals surface area contributed by atoms with Crippen molar-refractivity contribution < 1.29 is 38.2 Å². The minimum atomic E-state index is -2.49. The van der Waals surface area contributed by atoms with Gasteiger partial charge in [-0.05, 0) is 67.5 Å². The van der Waals surface area contributed by atoms with Crippen LogP contribution >= 0.6 is 0 Å². The molecule has 0 spiro atoms. The van der Waals surface area contributed by atoms with Crippen LogP contribution in [0.25, 0.3) is 55.8 Å². The molecular weight excluding hydrogens is 899 g/mol. The van der Waals surface area contributed by atoms with Gasteiger partial charge in [0.25, 0.3) is 0 Å². The van der Waals surface area contributed by atoms with Crippen LogP contribution in [-0.4, -0.2) is 28.2 Å². The van der Waals surface area contributed by atoms with Gasteiger partial charge < -0.3 is 9.40 Å². The summed E-state index contributed by atoms with van der Waals surface area (Å²) < 4.78 is 89.2. The average molecular weight is 963 g/mol. The van der Waals surface area contributed by atoms with Crippen molar-refractivity contribution in [2.75, 3.05) is 0 Å². The first-order valence-electron chi connectivity index (χ1n) is 22.9. The predicted octanol–water partition coefficient (Wildman–Crippen LogP) is 12.3. The number of rotatable bonds is 7. The first-order valence-corrected chi connectivity index (χ1v) is 25.2. The second-order valence-electron chi connectivity index (χ2n) is 15.7. The average Bonchev–Trinajstić information content (AvgIpc) is 3.56. The van der Waals surface area contributed by atoms with E-state index in [1.165, 1.54) is 18.3 Å². The van der Waals surface area contributed by atoms with E-state index in [9.17, 15) is 0 Å². The van der Waals surface area contributed by atoms with E-state index in [4.69, 9.17) is 23.1 Å². The number of aromatic nitrogens is 3. The number of nitrogens with zero attached hydrogens (tertiary/aromatic N) is 3. The summed E-state index contributed by atoms with van der Waals surface area (Å²) in [6.45, 7) is 10.7. The van der Waals surface area contributed by atoms with E-state index in [0.29, 0.717) is 39.4 Å². The van der Waals surface area contributed by atoms with E-state index in [1.54, 1.807) is 32.2 Å². The molecule has 0 fully saturated rings. The predicted molar refractivity (Wildman–Crippen MR) is 226 cm³/mol. The molecule has 54 heavy (non-hydrogen) atoms. The maximum absolute atomic E-state index is 8.77. The molecular formula is C48H53GeIrN3O-2. The van der Waals surface area contributed by atoms with Crippen molar-refractivity contribution in [2.45, 2.75) is 85.3 Å². The fourth-order valence-electron chi connectivity index (χ4n) is 6.32.